The summed E-state index contributed by atoms with van der Waals surface area (Å²) in [6, 6.07) is 13.3. The van der Waals surface area contributed by atoms with Gasteiger partial charge in [-0.3, -0.25) is 0 Å². The fourth-order valence-electron chi connectivity index (χ4n) is 3.45. The molecule has 0 aliphatic rings. The van der Waals surface area contributed by atoms with E-state index in [2.05, 4.69) is 0 Å². The van der Waals surface area contributed by atoms with E-state index in [9.17, 15) is 8.42 Å². The van der Waals surface area contributed by atoms with Gasteiger partial charge in [0.15, 0.2) is 0 Å². The van der Waals surface area contributed by atoms with Crippen molar-refractivity contribution in [1.82, 2.24) is 0 Å². The van der Waals surface area contributed by atoms with Crippen molar-refractivity contribution in [2.75, 3.05) is 0 Å². The van der Waals surface area contributed by atoms with Gasteiger partial charge in [0.1, 0.15) is 0 Å². The topological polar surface area (TPSA) is 43.4 Å². The summed E-state index contributed by atoms with van der Waals surface area (Å²) < 4.78 is 32.6. The van der Waals surface area contributed by atoms with Crippen molar-refractivity contribution >= 4 is 19.3 Å². The minimum absolute atomic E-state index is 0.0671. The Morgan fingerprint density at radius 1 is 0.792 bits per heavy atom. The van der Waals surface area contributed by atoms with Crippen LogP contribution in [-0.4, -0.2) is 8.42 Å². The van der Waals surface area contributed by atoms with E-state index < -0.39 is 20.3 Å². The van der Waals surface area contributed by atoms with Gasteiger partial charge in [-0.25, -0.2) is 0 Å². The van der Waals surface area contributed by atoms with Gasteiger partial charge in [0.05, 0.1) is 0 Å². The predicted molar refractivity (Wildman–Crippen MR) is 98.8 cm³/mol. The molecule has 0 saturated carbocycles. The Hall–Kier alpha value is -1.03. The second kappa shape index (κ2) is 7.07. The van der Waals surface area contributed by atoms with Crippen molar-refractivity contribution < 1.29 is 24.3 Å². The van der Waals surface area contributed by atoms with Gasteiger partial charge in [-0.1, -0.05) is 0 Å². The Labute approximate surface area is 147 Å². The molecule has 3 nitrogen and oxygen atoms in total. The first-order chi connectivity index (χ1) is 11.1. The Bertz CT molecular complexity index is 783. The monoisotopic (exact) mass is 392 g/mol. The van der Waals surface area contributed by atoms with Crippen LogP contribution in [0.3, 0.4) is 0 Å². The van der Waals surface area contributed by atoms with Gasteiger partial charge >= 0.3 is 148 Å². The third-order valence-electron chi connectivity index (χ3n) is 4.16. The van der Waals surface area contributed by atoms with Crippen molar-refractivity contribution in [3.63, 3.8) is 0 Å². The molecule has 0 atom stereocenters. The number of rotatable bonds is 6. The molecule has 0 aromatic heterocycles. The van der Waals surface area contributed by atoms with E-state index in [0.717, 1.165) is 10.8 Å². The molecule has 0 spiro atoms. The molecule has 0 unspecified atom stereocenters. The molecule has 0 amide bonds. The van der Waals surface area contributed by atoms with Crippen molar-refractivity contribution in [2.24, 2.45) is 0 Å². The Balaban J connectivity index is 2.60. The van der Waals surface area contributed by atoms with E-state index >= 15 is 0 Å². The standard InChI is InChI=1S/C10H7O3S.3C3H7.Fe/c11-14(12)13-10-7-3-5-8-4-1-2-6-9(8)10;3*1-3-2;/h1-7H;3*3H,1-2H3;. The average molecular weight is 392 g/mol. The Kier molecular flexibility index (Phi) is 5.68. The summed E-state index contributed by atoms with van der Waals surface area (Å²) in [5.74, 6) is 0.433. The van der Waals surface area contributed by atoms with Gasteiger partial charge in [-0.05, 0) is 0 Å². The summed E-state index contributed by atoms with van der Waals surface area (Å²) in [5, 5.41) is 1.81. The van der Waals surface area contributed by atoms with Gasteiger partial charge in [-0.15, -0.1) is 0 Å². The van der Waals surface area contributed by atoms with Crippen LogP contribution in [0.25, 0.3) is 10.8 Å². The van der Waals surface area contributed by atoms with Crippen LogP contribution in [0.5, 0.6) is 5.75 Å². The van der Waals surface area contributed by atoms with Gasteiger partial charge in [0.2, 0.25) is 0 Å². The number of benzene rings is 2. The number of hydrogen-bond acceptors (Lipinski definition) is 3. The average Bonchev–Trinajstić information content (AvgIpc) is 2.46. The molecular formula is C19H28FeO3S. The van der Waals surface area contributed by atoms with E-state index in [1.807, 2.05) is 77.9 Å². The predicted octanol–water partition coefficient (Wildman–Crippen LogP) is 6.10. The van der Waals surface area contributed by atoms with Crippen LogP contribution < -0.4 is 4.18 Å². The molecule has 0 saturated heterocycles. The molecule has 2 rings (SSSR count). The first kappa shape index (κ1) is 19.3. The van der Waals surface area contributed by atoms with Gasteiger partial charge in [0.25, 0.3) is 0 Å². The van der Waals surface area contributed by atoms with Crippen molar-refractivity contribution in [3.05, 3.63) is 42.5 Å². The third kappa shape index (κ3) is 3.10. The Morgan fingerprint density at radius 3 is 1.83 bits per heavy atom. The van der Waals surface area contributed by atoms with Crippen LogP contribution in [0.1, 0.15) is 41.5 Å². The van der Waals surface area contributed by atoms with Crippen molar-refractivity contribution in [3.8, 4) is 5.75 Å². The summed E-state index contributed by atoms with van der Waals surface area (Å²) in [7, 11) is -3.70. The van der Waals surface area contributed by atoms with Crippen LogP contribution in [0.2, 0.25) is 14.4 Å². The summed E-state index contributed by atoms with van der Waals surface area (Å²) in [6.45, 7) is 12.1. The van der Waals surface area contributed by atoms with Gasteiger partial charge in [-0.2, -0.15) is 0 Å². The van der Waals surface area contributed by atoms with E-state index in [-0.39, 0.29) is 14.4 Å². The van der Waals surface area contributed by atoms with E-state index in [1.54, 1.807) is 6.07 Å². The molecular weight excluding hydrogens is 364 g/mol. The van der Waals surface area contributed by atoms with Crippen LogP contribution >= 0.6 is 0 Å². The fraction of sp³-hybridized carbons (Fsp3) is 0.474. The third-order valence-corrected chi connectivity index (χ3v) is 18.4. The first-order valence-corrected chi connectivity index (χ1v) is 12.8. The minimum atomic E-state index is -3.70. The summed E-state index contributed by atoms with van der Waals surface area (Å²) >= 11 is -2.59. The second-order valence-electron chi connectivity index (χ2n) is 6.50. The molecule has 24 heavy (non-hydrogen) atoms. The summed E-state index contributed by atoms with van der Waals surface area (Å²) in [4.78, 5) is 0.201. The number of hydrogen-bond donors (Lipinski definition) is 0. The second-order valence-corrected chi connectivity index (χ2v) is 16.9. The SMILES string of the molecule is C[CH](C)[Fe]([CH](C)C)([CH](C)C)[S](=O)(=O)Oc1cccc2ccccc12. The van der Waals surface area contributed by atoms with E-state index in [1.165, 1.54) is 0 Å². The summed E-state index contributed by atoms with van der Waals surface area (Å²) in [5.41, 5.74) is 0. The quantitative estimate of drug-likeness (QED) is 0.558. The number of fused-ring (bicyclic) bond motifs is 1. The molecule has 0 aliphatic carbocycles. The van der Waals surface area contributed by atoms with Gasteiger partial charge in [0, 0.05) is 0 Å². The first-order valence-electron chi connectivity index (χ1n) is 8.25. The molecule has 0 aliphatic heterocycles. The molecule has 0 fully saturated rings. The molecule has 2 aromatic carbocycles. The van der Waals surface area contributed by atoms with Crippen LogP contribution in [-0.2, 0) is 20.3 Å². The zero-order valence-electron chi connectivity index (χ0n) is 15.3. The zero-order valence-corrected chi connectivity index (χ0v) is 17.2. The van der Waals surface area contributed by atoms with Crippen LogP contribution in [0.15, 0.2) is 42.5 Å². The molecule has 5 heteroatoms. The van der Waals surface area contributed by atoms with Crippen molar-refractivity contribution in [1.29, 1.82) is 0 Å². The van der Waals surface area contributed by atoms with Crippen LogP contribution in [0.4, 0.5) is 0 Å². The maximum absolute atomic E-state index is 13.4. The molecule has 0 radical (unpaired) electrons. The van der Waals surface area contributed by atoms with Crippen molar-refractivity contribution in [2.45, 2.75) is 56.0 Å². The Morgan fingerprint density at radius 2 is 1.29 bits per heavy atom. The van der Waals surface area contributed by atoms with Gasteiger partial charge < -0.3 is 0 Å². The summed E-state index contributed by atoms with van der Waals surface area (Å²) in [6.07, 6.45) is 0. The van der Waals surface area contributed by atoms with Crippen LogP contribution in [0, 0.1) is 0 Å². The van der Waals surface area contributed by atoms with E-state index in [4.69, 9.17) is 4.18 Å². The zero-order chi connectivity index (χ0) is 18.1. The molecule has 0 bridgehead atoms. The normalized spacial score (nSPS) is 13.9. The molecule has 136 valence electrons. The molecule has 0 heterocycles. The van der Waals surface area contributed by atoms with E-state index in [0.29, 0.717) is 5.75 Å². The fourth-order valence-corrected chi connectivity index (χ4v) is 16.1. The molecule has 0 N–H and O–H groups in total. The maximum atomic E-state index is 13.4. The molecule has 2 aromatic rings.